The van der Waals surface area contributed by atoms with E-state index in [-0.39, 0.29) is 5.92 Å². The zero-order valence-corrected chi connectivity index (χ0v) is 14.4. The average molecular weight is 327 g/mol. The standard InChI is InChI=1S/C20H29N3O/c24-20(8-4-1-5-9-20)18(15-23-12-10-21-11-13-23)17-14-22-19-7-3-2-6-16(17)19/h2-3,6-7,14,18,21-22,24H,1,4-5,8-13,15H2. The van der Waals surface area contributed by atoms with Gasteiger partial charge >= 0.3 is 0 Å². The summed E-state index contributed by atoms with van der Waals surface area (Å²) in [6.45, 7) is 5.22. The van der Waals surface area contributed by atoms with Crippen molar-refractivity contribution in [2.75, 3.05) is 32.7 Å². The Bertz CT molecular complexity index is 668. The minimum absolute atomic E-state index is 0.187. The molecule has 130 valence electrons. The van der Waals surface area contributed by atoms with Gasteiger partial charge in [-0.15, -0.1) is 0 Å². The van der Waals surface area contributed by atoms with Gasteiger partial charge in [0.25, 0.3) is 0 Å². The number of hydrogen-bond donors (Lipinski definition) is 3. The summed E-state index contributed by atoms with van der Waals surface area (Å²) in [5.74, 6) is 0.187. The Labute approximate surface area is 144 Å². The van der Waals surface area contributed by atoms with Gasteiger partial charge in [0.1, 0.15) is 0 Å². The minimum atomic E-state index is -0.561. The highest BCUT2D eigenvalue weighted by molar-refractivity contribution is 5.83. The Hall–Kier alpha value is -1.36. The summed E-state index contributed by atoms with van der Waals surface area (Å²) in [7, 11) is 0. The molecule has 1 saturated carbocycles. The first-order chi connectivity index (χ1) is 11.8. The third-order valence-corrected chi connectivity index (χ3v) is 6.02. The van der Waals surface area contributed by atoms with Crippen molar-refractivity contribution in [2.45, 2.75) is 43.6 Å². The summed E-state index contributed by atoms with van der Waals surface area (Å²) in [5, 5.41) is 16.2. The molecule has 1 aromatic carbocycles. The van der Waals surface area contributed by atoms with Crippen molar-refractivity contribution in [1.29, 1.82) is 0 Å². The second-order valence-corrected chi connectivity index (χ2v) is 7.56. The minimum Gasteiger partial charge on any atom is -0.389 e. The van der Waals surface area contributed by atoms with Crippen LogP contribution in [0.2, 0.25) is 0 Å². The van der Waals surface area contributed by atoms with E-state index in [0.29, 0.717) is 0 Å². The van der Waals surface area contributed by atoms with Gasteiger partial charge in [-0.25, -0.2) is 0 Å². The topological polar surface area (TPSA) is 51.3 Å². The predicted molar refractivity (Wildman–Crippen MR) is 98.4 cm³/mol. The lowest BCUT2D eigenvalue weighted by atomic mass is 9.72. The molecule has 1 aliphatic carbocycles. The first-order valence-corrected chi connectivity index (χ1v) is 9.48. The highest BCUT2D eigenvalue weighted by Gasteiger charge is 2.40. The third kappa shape index (κ3) is 3.10. The normalized spacial score (nSPS) is 23.4. The predicted octanol–water partition coefficient (Wildman–Crippen LogP) is 2.85. The second-order valence-electron chi connectivity index (χ2n) is 7.56. The largest absolute Gasteiger partial charge is 0.389 e. The molecular weight excluding hydrogens is 298 g/mol. The number of nitrogens with zero attached hydrogens (tertiary/aromatic N) is 1. The average Bonchev–Trinajstić information content (AvgIpc) is 3.05. The quantitative estimate of drug-likeness (QED) is 0.809. The molecule has 3 N–H and O–H groups in total. The van der Waals surface area contributed by atoms with E-state index in [4.69, 9.17) is 0 Å². The SMILES string of the molecule is OC1(C(CN2CCNCC2)c2c[nH]c3ccccc23)CCCCC1. The van der Waals surface area contributed by atoms with E-state index in [9.17, 15) is 5.11 Å². The molecule has 24 heavy (non-hydrogen) atoms. The molecule has 1 aromatic heterocycles. The number of piperazine rings is 1. The van der Waals surface area contributed by atoms with Crippen LogP contribution in [0.25, 0.3) is 10.9 Å². The van der Waals surface area contributed by atoms with Gasteiger partial charge in [0.05, 0.1) is 5.60 Å². The van der Waals surface area contributed by atoms with Gasteiger partial charge in [0.2, 0.25) is 0 Å². The zero-order chi connectivity index (χ0) is 16.4. The summed E-state index contributed by atoms with van der Waals surface area (Å²) in [5.41, 5.74) is 1.92. The fourth-order valence-electron chi connectivity index (χ4n) is 4.60. The van der Waals surface area contributed by atoms with E-state index in [1.807, 2.05) is 0 Å². The van der Waals surface area contributed by atoms with Crippen LogP contribution in [0.3, 0.4) is 0 Å². The summed E-state index contributed by atoms with van der Waals surface area (Å²) in [6, 6.07) is 8.50. The van der Waals surface area contributed by atoms with Crippen LogP contribution < -0.4 is 5.32 Å². The molecule has 2 fully saturated rings. The van der Waals surface area contributed by atoms with E-state index in [0.717, 1.165) is 58.4 Å². The summed E-state index contributed by atoms with van der Waals surface area (Å²) in [6.07, 6.45) is 7.57. The Balaban J connectivity index is 1.69. The van der Waals surface area contributed by atoms with Crippen molar-refractivity contribution in [2.24, 2.45) is 0 Å². The number of nitrogens with one attached hydrogen (secondary N) is 2. The molecule has 1 atom stereocenters. The van der Waals surface area contributed by atoms with Gasteiger partial charge < -0.3 is 20.3 Å². The van der Waals surface area contributed by atoms with Gasteiger partial charge in [-0.05, 0) is 24.5 Å². The first-order valence-electron chi connectivity index (χ1n) is 9.48. The fourth-order valence-corrected chi connectivity index (χ4v) is 4.60. The Morgan fingerprint density at radius 1 is 1.08 bits per heavy atom. The zero-order valence-electron chi connectivity index (χ0n) is 14.4. The Morgan fingerprint density at radius 2 is 1.83 bits per heavy atom. The molecule has 1 aliphatic heterocycles. The molecule has 0 amide bonds. The number of rotatable bonds is 4. The maximum atomic E-state index is 11.5. The monoisotopic (exact) mass is 327 g/mol. The molecule has 2 aliphatic rings. The number of fused-ring (bicyclic) bond motifs is 1. The van der Waals surface area contributed by atoms with E-state index >= 15 is 0 Å². The lowest BCUT2D eigenvalue weighted by Gasteiger charge is -2.42. The molecular formula is C20H29N3O. The first kappa shape index (κ1) is 16.1. The molecule has 0 bridgehead atoms. The number of H-pyrrole nitrogens is 1. The van der Waals surface area contributed by atoms with Crippen LogP contribution in [0.15, 0.2) is 30.5 Å². The summed E-state index contributed by atoms with van der Waals surface area (Å²) in [4.78, 5) is 5.94. The van der Waals surface area contributed by atoms with Crippen molar-refractivity contribution < 1.29 is 5.11 Å². The van der Waals surface area contributed by atoms with Crippen molar-refractivity contribution in [3.63, 3.8) is 0 Å². The van der Waals surface area contributed by atoms with Crippen molar-refractivity contribution in [3.8, 4) is 0 Å². The summed E-state index contributed by atoms with van der Waals surface area (Å²) < 4.78 is 0. The number of aromatic amines is 1. The molecule has 2 heterocycles. The Kier molecular flexibility index (Phi) is 4.61. The number of aromatic nitrogens is 1. The lowest BCUT2D eigenvalue weighted by Crippen LogP contribution is -2.49. The number of benzene rings is 1. The molecule has 4 rings (SSSR count). The van der Waals surface area contributed by atoms with Crippen LogP contribution in [-0.2, 0) is 0 Å². The molecule has 0 spiro atoms. The van der Waals surface area contributed by atoms with Crippen LogP contribution in [-0.4, -0.2) is 53.3 Å². The van der Waals surface area contributed by atoms with Crippen molar-refractivity contribution in [3.05, 3.63) is 36.0 Å². The van der Waals surface area contributed by atoms with Gasteiger partial charge in [0.15, 0.2) is 0 Å². The fraction of sp³-hybridized carbons (Fsp3) is 0.600. The van der Waals surface area contributed by atoms with E-state index < -0.39 is 5.60 Å². The highest BCUT2D eigenvalue weighted by atomic mass is 16.3. The summed E-state index contributed by atoms with van der Waals surface area (Å²) >= 11 is 0. The third-order valence-electron chi connectivity index (χ3n) is 6.02. The Morgan fingerprint density at radius 3 is 2.62 bits per heavy atom. The van der Waals surface area contributed by atoms with E-state index in [2.05, 4.69) is 45.7 Å². The maximum Gasteiger partial charge on any atom is 0.0729 e. The molecule has 0 radical (unpaired) electrons. The van der Waals surface area contributed by atoms with Crippen LogP contribution in [0.5, 0.6) is 0 Å². The van der Waals surface area contributed by atoms with Crippen LogP contribution in [0, 0.1) is 0 Å². The van der Waals surface area contributed by atoms with Gasteiger partial charge in [-0.1, -0.05) is 37.5 Å². The van der Waals surface area contributed by atoms with E-state index in [1.165, 1.54) is 22.9 Å². The van der Waals surface area contributed by atoms with Crippen molar-refractivity contribution >= 4 is 10.9 Å². The van der Waals surface area contributed by atoms with E-state index in [1.54, 1.807) is 0 Å². The van der Waals surface area contributed by atoms with Gasteiger partial charge in [-0.3, -0.25) is 0 Å². The van der Waals surface area contributed by atoms with Crippen LogP contribution >= 0.6 is 0 Å². The molecule has 1 unspecified atom stereocenters. The smallest absolute Gasteiger partial charge is 0.0729 e. The second kappa shape index (κ2) is 6.87. The maximum absolute atomic E-state index is 11.5. The molecule has 4 nitrogen and oxygen atoms in total. The van der Waals surface area contributed by atoms with Crippen LogP contribution in [0.1, 0.15) is 43.6 Å². The lowest BCUT2D eigenvalue weighted by molar-refractivity contribution is -0.0312. The van der Waals surface area contributed by atoms with Crippen molar-refractivity contribution in [1.82, 2.24) is 15.2 Å². The molecule has 2 aromatic rings. The molecule has 4 heteroatoms. The van der Waals surface area contributed by atoms with Crippen LogP contribution in [0.4, 0.5) is 0 Å². The van der Waals surface area contributed by atoms with Gasteiger partial charge in [-0.2, -0.15) is 0 Å². The van der Waals surface area contributed by atoms with Gasteiger partial charge in [0, 0.05) is 55.7 Å². The molecule has 1 saturated heterocycles. The highest BCUT2D eigenvalue weighted by Crippen LogP contribution is 2.42. The number of aliphatic hydroxyl groups is 1. The number of para-hydroxylation sites is 1. The number of hydrogen-bond acceptors (Lipinski definition) is 3.